The molecule has 37 heavy (non-hydrogen) atoms. The molecule has 1 aromatic carbocycles. The van der Waals surface area contributed by atoms with Crippen LogP contribution >= 0.6 is 0 Å². The number of carbonyl (C=O) groups excluding carboxylic acids is 2. The summed E-state index contributed by atoms with van der Waals surface area (Å²) in [4.78, 5) is 42.1. The molecule has 3 N–H and O–H groups in total. The smallest absolute Gasteiger partial charge is 0.320 e. The van der Waals surface area contributed by atoms with Crippen LogP contribution in [0.1, 0.15) is 37.7 Å². The first kappa shape index (κ1) is 24.5. The lowest BCUT2D eigenvalue weighted by Gasteiger charge is -2.31. The first-order valence-electron chi connectivity index (χ1n) is 12.6. The van der Waals surface area contributed by atoms with E-state index in [4.69, 9.17) is 6.42 Å². The molecule has 3 aromatic rings. The van der Waals surface area contributed by atoms with Gasteiger partial charge in [-0.25, -0.2) is 14.8 Å². The summed E-state index contributed by atoms with van der Waals surface area (Å²) in [5.74, 6) is 3.36. The van der Waals surface area contributed by atoms with Gasteiger partial charge in [-0.1, -0.05) is 18.8 Å². The molecule has 0 bridgehead atoms. The Labute approximate surface area is 215 Å². The summed E-state index contributed by atoms with van der Waals surface area (Å²) < 4.78 is 0. The second kappa shape index (κ2) is 10.8. The van der Waals surface area contributed by atoms with Gasteiger partial charge in [0.05, 0.1) is 11.9 Å². The Kier molecular flexibility index (Phi) is 7.14. The summed E-state index contributed by atoms with van der Waals surface area (Å²) >= 11 is 0. The summed E-state index contributed by atoms with van der Waals surface area (Å²) in [6, 6.07) is 9.00. The van der Waals surface area contributed by atoms with Crippen LogP contribution in [0.15, 0.2) is 36.5 Å². The van der Waals surface area contributed by atoms with Crippen molar-refractivity contribution in [3.05, 3.63) is 42.1 Å². The van der Waals surface area contributed by atoms with Gasteiger partial charge in [-0.15, -0.1) is 6.42 Å². The van der Waals surface area contributed by atoms with E-state index in [0.717, 1.165) is 56.6 Å². The molecule has 2 fully saturated rings. The molecule has 1 aliphatic heterocycles. The Morgan fingerprint density at radius 3 is 2.57 bits per heavy atom. The number of hydrogen-bond acceptors (Lipinski definition) is 7. The number of fused-ring (bicyclic) bond motifs is 1. The highest BCUT2D eigenvalue weighted by atomic mass is 16.2. The van der Waals surface area contributed by atoms with E-state index >= 15 is 0 Å². The normalized spacial score (nSPS) is 15.6. The molecule has 10 nitrogen and oxygen atoms in total. The maximum absolute atomic E-state index is 12.5. The Morgan fingerprint density at radius 2 is 1.89 bits per heavy atom. The third-order valence-electron chi connectivity index (χ3n) is 6.85. The first-order valence-corrected chi connectivity index (χ1v) is 12.6. The summed E-state index contributed by atoms with van der Waals surface area (Å²) in [5.41, 5.74) is 2.48. The van der Waals surface area contributed by atoms with Crippen LogP contribution in [0.2, 0.25) is 0 Å². The van der Waals surface area contributed by atoms with Gasteiger partial charge in [-0.3, -0.25) is 15.0 Å². The number of amides is 3. The van der Waals surface area contributed by atoms with E-state index in [1.807, 2.05) is 24.3 Å². The molecule has 0 spiro atoms. The van der Waals surface area contributed by atoms with E-state index in [-0.39, 0.29) is 18.0 Å². The maximum atomic E-state index is 12.5. The third-order valence-corrected chi connectivity index (χ3v) is 6.85. The van der Waals surface area contributed by atoms with E-state index in [2.05, 4.69) is 41.7 Å². The largest absolute Gasteiger partial charge is 0.335 e. The molecule has 1 saturated carbocycles. The number of anilines is 4. The number of rotatable bonds is 7. The standard InChI is InChI=1S/C27H30N8O2/c1-3-18-15-23(32-27(37)30-19-7-4-5-8-19)31-25-22(18)16-28-26(33-25)29-20-9-11-21(12-10-20)34(2)24(36)17-35-13-6-14-35/h1,9-12,15-16,19H,4-8,13-14,17H2,2H3,(H3,28,29,30,31,32,33,37). The minimum atomic E-state index is -0.303. The predicted octanol–water partition coefficient (Wildman–Crippen LogP) is 3.48. The SMILES string of the molecule is C#Cc1cc(NC(=O)NC2CCCC2)nc2nc(Nc3ccc(N(C)C(=O)CN4CCC4)cc3)ncc12. The van der Waals surface area contributed by atoms with Crippen molar-refractivity contribution in [1.29, 1.82) is 0 Å². The summed E-state index contributed by atoms with van der Waals surface area (Å²) in [6.07, 6.45) is 12.7. The van der Waals surface area contributed by atoms with Gasteiger partial charge in [-0.05, 0) is 62.7 Å². The van der Waals surface area contributed by atoms with E-state index in [0.29, 0.717) is 34.9 Å². The van der Waals surface area contributed by atoms with Gasteiger partial charge in [0, 0.05) is 36.2 Å². The molecule has 1 saturated heterocycles. The van der Waals surface area contributed by atoms with Crippen molar-refractivity contribution in [2.24, 2.45) is 0 Å². The average molecular weight is 499 g/mol. The summed E-state index contributed by atoms with van der Waals surface area (Å²) in [7, 11) is 1.78. The van der Waals surface area contributed by atoms with Crippen LogP contribution in [0.25, 0.3) is 11.0 Å². The first-order chi connectivity index (χ1) is 18.0. The van der Waals surface area contributed by atoms with Crippen LogP contribution in [-0.2, 0) is 4.79 Å². The highest BCUT2D eigenvalue weighted by molar-refractivity contribution is 5.94. The van der Waals surface area contributed by atoms with Crippen LogP contribution in [0.4, 0.5) is 27.9 Å². The average Bonchev–Trinajstić information content (AvgIpc) is 3.38. The third kappa shape index (κ3) is 5.78. The summed E-state index contributed by atoms with van der Waals surface area (Å²) in [6.45, 7) is 2.40. The van der Waals surface area contributed by atoms with E-state index in [1.54, 1.807) is 24.2 Å². The molecule has 0 unspecified atom stereocenters. The number of urea groups is 1. The minimum Gasteiger partial charge on any atom is -0.335 e. The number of aromatic nitrogens is 3. The molecule has 1 aliphatic carbocycles. The van der Waals surface area contributed by atoms with Crippen molar-refractivity contribution in [1.82, 2.24) is 25.2 Å². The van der Waals surface area contributed by atoms with Gasteiger partial charge in [0.2, 0.25) is 11.9 Å². The van der Waals surface area contributed by atoms with E-state index < -0.39 is 0 Å². The maximum Gasteiger partial charge on any atom is 0.320 e. The molecule has 10 heteroatoms. The quantitative estimate of drug-likeness (QED) is 0.427. The molecule has 2 aliphatic rings. The predicted molar refractivity (Wildman–Crippen MR) is 144 cm³/mol. The monoisotopic (exact) mass is 498 g/mol. The number of terminal acetylenes is 1. The van der Waals surface area contributed by atoms with Gasteiger partial charge in [0.15, 0.2) is 5.65 Å². The van der Waals surface area contributed by atoms with E-state index in [1.165, 1.54) is 0 Å². The van der Waals surface area contributed by atoms with Crippen LogP contribution in [0.5, 0.6) is 0 Å². The Hall–Kier alpha value is -4.23. The highest BCUT2D eigenvalue weighted by Crippen LogP contribution is 2.23. The van der Waals surface area contributed by atoms with Gasteiger partial charge in [0.1, 0.15) is 5.82 Å². The Balaban J connectivity index is 1.28. The number of likely N-dealkylation sites (tertiary alicyclic amines) is 1. The fourth-order valence-corrected chi connectivity index (χ4v) is 4.54. The second-order valence-electron chi connectivity index (χ2n) is 9.46. The van der Waals surface area contributed by atoms with Gasteiger partial charge >= 0.3 is 6.03 Å². The Morgan fingerprint density at radius 1 is 1.14 bits per heavy atom. The van der Waals surface area contributed by atoms with E-state index in [9.17, 15) is 9.59 Å². The molecule has 0 atom stereocenters. The zero-order valence-electron chi connectivity index (χ0n) is 20.8. The lowest BCUT2D eigenvalue weighted by molar-refractivity contribution is -0.120. The van der Waals surface area contributed by atoms with Crippen molar-refractivity contribution < 1.29 is 9.59 Å². The van der Waals surface area contributed by atoms with Crippen LogP contribution in [0.3, 0.4) is 0 Å². The molecular weight excluding hydrogens is 468 g/mol. The zero-order valence-corrected chi connectivity index (χ0v) is 20.8. The topological polar surface area (TPSA) is 115 Å². The molecule has 5 rings (SSSR count). The fourth-order valence-electron chi connectivity index (χ4n) is 4.54. The molecule has 3 heterocycles. The fraction of sp³-hybridized carbons (Fsp3) is 0.370. The lowest BCUT2D eigenvalue weighted by atomic mass is 10.2. The number of nitrogens with one attached hydrogen (secondary N) is 3. The number of carbonyl (C=O) groups is 2. The highest BCUT2D eigenvalue weighted by Gasteiger charge is 2.20. The zero-order chi connectivity index (χ0) is 25.8. The lowest BCUT2D eigenvalue weighted by Crippen LogP contribution is -2.45. The van der Waals surface area contributed by atoms with Crippen LogP contribution in [0, 0.1) is 12.3 Å². The van der Waals surface area contributed by atoms with Gasteiger partial charge in [-0.2, -0.15) is 4.98 Å². The molecule has 3 amide bonds. The Bertz CT molecular complexity index is 1340. The molecular formula is C27H30N8O2. The molecule has 2 aromatic heterocycles. The van der Waals surface area contributed by atoms with Gasteiger partial charge in [0.25, 0.3) is 0 Å². The van der Waals surface area contributed by atoms with Crippen LogP contribution in [-0.4, -0.2) is 64.5 Å². The minimum absolute atomic E-state index is 0.0648. The number of hydrogen-bond donors (Lipinski definition) is 3. The number of nitrogens with zero attached hydrogens (tertiary/aromatic N) is 5. The summed E-state index contributed by atoms with van der Waals surface area (Å²) in [5, 5.41) is 9.54. The number of likely N-dealkylation sites (N-methyl/N-ethyl adjacent to an activating group) is 1. The van der Waals surface area contributed by atoms with Crippen molar-refractivity contribution in [3.63, 3.8) is 0 Å². The van der Waals surface area contributed by atoms with Crippen molar-refractivity contribution >= 4 is 46.1 Å². The van der Waals surface area contributed by atoms with Crippen LogP contribution < -0.4 is 20.9 Å². The second-order valence-corrected chi connectivity index (χ2v) is 9.46. The molecule has 0 radical (unpaired) electrons. The van der Waals surface area contributed by atoms with Crippen molar-refractivity contribution in [2.45, 2.75) is 38.1 Å². The van der Waals surface area contributed by atoms with Gasteiger partial charge < -0.3 is 15.5 Å². The molecule has 190 valence electrons. The van der Waals surface area contributed by atoms with Crippen molar-refractivity contribution in [3.8, 4) is 12.3 Å². The number of pyridine rings is 1. The van der Waals surface area contributed by atoms with Crippen molar-refractivity contribution in [2.75, 3.05) is 42.2 Å². The number of benzene rings is 1.